The van der Waals surface area contributed by atoms with E-state index in [1.54, 1.807) is 17.3 Å². The summed E-state index contributed by atoms with van der Waals surface area (Å²) in [5, 5.41) is 0. The van der Waals surface area contributed by atoms with Gasteiger partial charge in [0.05, 0.1) is 0 Å². The molecule has 1 aromatic carbocycles. The fraction of sp³-hybridized carbons (Fsp3) is 0.333. The number of aromatic nitrogens is 1. The summed E-state index contributed by atoms with van der Waals surface area (Å²) in [5.74, 6) is -1.81. The van der Waals surface area contributed by atoms with Crippen LogP contribution in [0.2, 0.25) is 0 Å². The third kappa shape index (κ3) is 4.73. The SMILES string of the molecule is O=C(COc1ccc(F)cc1F)N1CCN(Cc2ccncc2)CC1. The molecule has 0 aliphatic carbocycles. The number of hydrogen-bond donors (Lipinski definition) is 0. The molecule has 1 aromatic heterocycles. The zero-order valence-corrected chi connectivity index (χ0v) is 13.7. The smallest absolute Gasteiger partial charge is 0.260 e. The Kier molecular flexibility index (Phi) is 5.55. The average molecular weight is 347 g/mol. The van der Waals surface area contributed by atoms with Gasteiger partial charge in [-0.3, -0.25) is 14.7 Å². The van der Waals surface area contributed by atoms with Gasteiger partial charge in [0.1, 0.15) is 5.82 Å². The number of rotatable bonds is 5. The van der Waals surface area contributed by atoms with Gasteiger partial charge in [0.15, 0.2) is 18.2 Å². The number of pyridine rings is 1. The summed E-state index contributed by atoms with van der Waals surface area (Å²) >= 11 is 0. The van der Waals surface area contributed by atoms with Gasteiger partial charge in [0.2, 0.25) is 0 Å². The van der Waals surface area contributed by atoms with E-state index in [2.05, 4.69) is 9.88 Å². The second-order valence-electron chi connectivity index (χ2n) is 5.88. The van der Waals surface area contributed by atoms with E-state index in [4.69, 9.17) is 4.74 Å². The predicted molar refractivity (Wildman–Crippen MR) is 87.9 cm³/mol. The fourth-order valence-electron chi connectivity index (χ4n) is 2.72. The van der Waals surface area contributed by atoms with E-state index >= 15 is 0 Å². The second kappa shape index (κ2) is 8.02. The van der Waals surface area contributed by atoms with Crippen LogP contribution in [0.1, 0.15) is 5.56 Å². The molecule has 0 unspecified atom stereocenters. The van der Waals surface area contributed by atoms with Gasteiger partial charge < -0.3 is 9.64 Å². The molecule has 2 aromatic rings. The van der Waals surface area contributed by atoms with Crippen LogP contribution in [0.5, 0.6) is 5.75 Å². The minimum Gasteiger partial charge on any atom is -0.481 e. The van der Waals surface area contributed by atoms with Crippen LogP contribution in [0.15, 0.2) is 42.7 Å². The van der Waals surface area contributed by atoms with Crippen molar-refractivity contribution >= 4 is 5.91 Å². The highest BCUT2D eigenvalue weighted by atomic mass is 19.1. The number of nitrogens with zero attached hydrogens (tertiary/aromatic N) is 3. The molecule has 132 valence electrons. The van der Waals surface area contributed by atoms with E-state index in [9.17, 15) is 13.6 Å². The lowest BCUT2D eigenvalue weighted by Crippen LogP contribution is -2.49. The van der Waals surface area contributed by atoms with E-state index in [-0.39, 0.29) is 18.3 Å². The molecular weight excluding hydrogens is 328 g/mol. The average Bonchev–Trinajstić information content (AvgIpc) is 2.62. The van der Waals surface area contributed by atoms with Crippen LogP contribution in [0, 0.1) is 11.6 Å². The van der Waals surface area contributed by atoms with Crippen molar-refractivity contribution in [2.75, 3.05) is 32.8 Å². The molecule has 7 heteroatoms. The van der Waals surface area contributed by atoms with Crippen LogP contribution in [-0.2, 0) is 11.3 Å². The predicted octanol–water partition coefficient (Wildman–Crippen LogP) is 2.08. The number of ether oxygens (including phenoxy) is 1. The van der Waals surface area contributed by atoms with Gasteiger partial charge in [-0.05, 0) is 29.8 Å². The van der Waals surface area contributed by atoms with E-state index in [1.165, 1.54) is 11.6 Å². The van der Waals surface area contributed by atoms with E-state index in [1.807, 2.05) is 12.1 Å². The van der Waals surface area contributed by atoms with Crippen molar-refractivity contribution in [3.8, 4) is 5.75 Å². The molecule has 3 rings (SSSR count). The molecule has 0 spiro atoms. The van der Waals surface area contributed by atoms with Crippen molar-refractivity contribution in [2.45, 2.75) is 6.54 Å². The minimum absolute atomic E-state index is 0.119. The van der Waals surface area contributed by atoms with Gasteiger partial charge in [0, 0.05) is 51.2 Å². The lowest BCUT2D eigenvalue weighted by atomic mass is 10.2. The van der Waals surface area contributed by atoms with Crippen molar-refractivity contribution in [1.82, 2.24) is 14.8 Å². The van der Waals surface area contributed by atoms with Crippen molar-refractivity contribution in [2.24, 2.45) is 0 Å². The first-order valence-electron chi connectivity index (χ1n) is 8.09. The Labute approximate surface area is 144 Å². The molecule has 1 amide bonds. The molecule has 1 aliphatic rings. The van der Waals surface area contributed by atoms with Crippen LogP contribution < -0.4 is 4.74 Å². The summed E-state index contributed by atoms with van der Waals surface area (Å²) in [7, 11) is 0. The maximum Gasteiger partial charge on any atom is 0.260 e. The van der Waals surface area contributed by atoms with Gasteiger partial charge in [0.25, 0.3) is 5.91 Å². The zero-order chi connectivity index (χ0) is 17.6. The molecule has 2 heterocycles. The summed E-state index contributed by atoms with van der Waals surface area (Å²) < 4.78 is 31.5. The largest absolute Gasteiger partial charge is 0.481 e. The van der Waals surface area contributed by atoms with Crippen LogP contribution in [-0.4, -0.2) is 53.5 Å². The highest BCUT2D eigenvalue weighted by molar-refractivity contribution is 5.77. The monoisotopic (exact) mass is 347 g/mol. The Bertz CT molecular complexity index is 720. The Balaban J connectivity index is 1.45. The number of amides is 1. The third-order valence-electron chi connectivity index (χ3n) is 4.13. The summed E-state index contributed by atoms with van der Waals surface area (Å²) in [4.78, 5) is 20.2. The summed E-state index contributed by atoms with van der Waals surface area (Å²) in [6, 6.07) is 6.97. The molecule has 1 aliphatic heterocycles. The highest BCUT2D eigenvalue weighted by Crippen LogP contribution is 2.17. The van der Waals surface area contributed by atoms with Crippen LogP contribution in [0.25, 0.3) is 0 Å². The molecule has 1 fully saturated rings. The molecule has 0 atom stereocenters. The van der Waals surface area contributed by atoms with Crippen molar-refractivity contribution < 1.29 is 18.3 Å². The van der Waals surface area contributed by atoms with Crippen molar-refractivity contribution in [3.05, 3.63) is 59.9 Å². The zero-order valence-electron chi connectivity index (χ0n) is 13.7. The lowest BCUT2D eigenvalue weighted by Gasteiger charge is -2.34. The molecule has 25 heavy (non-hydrogen) atoms. The maximum atomic E-state index is 13.5. The molecule has 1 saturated heterocycles. The number of benzene rings is 1. The Morgan fingerprint density at radius 2 is 1.80 bits per heavy atom. The standard InChI is InChI=1S/C18H19F2N3O2/c19-15-1-2-17(16(20)11-15)25-13-18(24)23-9-7-22(8-10-23)12-14-3-5-21-6-4-14/h1-6,11H,7-10,12-13H2. The molecule has 0 radical (unpaired) electrons. The summed E-state index contributed by atoms with van der Waals surface area (Å²) in [5.41, 5.74) is 1.19. The number of carbonyl (C=O) groups is 1. The van der Waals surface area contributed by atoms with Gasteiger partial charge in [-0.2, -0.15) is 0 Å². The number of carbonyl (C=O) groups excluding carboxylic acids is 1. The van der Waals surface area contributed by atoms with Gasteiger partial charge in [-0.15, -0.1) is 0 Å². The van der Waals surface area contributed by atoms with Crippen molar-refractivity contribution in [1.29, 1.82) is 0 Å². The number of piperazine rings is 1. The number of hydrogen-bond acceptors (Lipinski definition) is 4. The fourth-order valence-corrected chi connectivity index (χ4v) is 2.72. The topological polar surface area (TPSA) is 45.7 Å². The molecular formula is C18H19F2N3O2. The molecule has 5 nitrogen and oxygen atoms in total. The van der Waals surface area contributed by atoms with Gasteiger partial charge in [-0.25, -0.2) is 8.78 Å². The first kappa shape index (κ1) is 17.3. The van der Waals surface area contributed by atoms with Crippen LogP contribution in [0.3, 0.4) is 0 Å². The Morgan fingerprint density at radius 1 is 1.08 bits per heavy atom. The first-order valence-corrected chi connectivity index (χ1v) is 8.09. The van der Waals surface area contributed by atoms with Gasteiger partial charge >= 0.3 is 0 Å². The minimum atomic E-state index is -0.810. The number of halogens is 2. The molecule has 0 N–H and O–H groups in total. The Hall–Kier alpha value is -2.54. The second-order valence-corrected chi connectivity index (χ2v) is 5.88. The van der Waals surface area contributed by atoms with E-state index in [0.717, 1.165) is 31.8 Å². The van der Waals surface area contributed by atoms with Crippen LogP contribution >= 0.6 is 0 Å². The lowest BCUT2D eigenvalue weighted by molar-refractivity contribution is -0.135. The molecule has 0 bridgehead atoms. The molecule has 0 saturated carbocycles. The van der Waals surface area contributed by atoms with Crippen molar-refractivity contribution in [3.63, 3.8) is 0 Å². The highest BCUT2D eigenvalue weighted by Gasteiger charge is 2.21. The van der Waals surface area contributed by atoms with E-state index in [0.29, 0.717) is 13.1 Å². The maximum absolute atomic E-state index is 13.5. The normalized spacial score (nSPS) is 15.2. The quantitative estimate of drug-likeness (QED) is 0.831. The van der Waals surface area contributed by atoms with Gasteiger partial charge in [-0.1, -0.05) is 0 Å². The van der Waals surface area contributed by atoms with E-state index < -0.39 is 11.6 Å². The summed E-state index contributed by atoms with van der Waals surface area (Å²) in [6.07, 6.45) is 3.53. The summed E-state index contributed by atoms with van der Waals surface area (Å²) in [6.45, 7) is 3.28. The first-order chi connectivity index (χ1) is 12.1. The third-order valence-corrected chi connectivity index (χ3v) is 4.13. The van der Waals surface area contributed by atoms with Crippen LogP contribution in [0.4, 0.5) is 8.78 Å². The Morgan fingerprint density at radius 3 is 2.48 bits per heavy atom.